The van der Waals surface area contributed by atoms with Crippen molar-refractivity contribution >= 4 is 29.0 Å². The van der Waals surface area contributed by atoms with Gasteiger partial charge in [0.1, 0.15) is 25.6 Å². The maximum absolute atomic E-state index is 11.3. The van der Waals surface area contributed by atoms with Crippen LogP contribution in [-0.2, 0) is 4.57 Å². The van der Waals surface area contributed by atoms with E-state index in [1.54, 1.807) is 6.07 Å². The van der Waals surface area contributed by atoms with E-state index in [1.807, 2.05) is 0 Å². The summed E-state index contributed by atoms with van der Waals surface area (Å²) >= 11 is 3.25. The van der Waals surface area contributed by atoms with Crippen LogP contribution in [0.2, 0.25) is 0 Å². The number of fused-ring (bicyclic) bond motifs is 1. The average molecular weight is 249 g/mol. The van der Waals surface area contributed by atoms with Gasteiger partial charge in [-0.15, -0.1) is 0 Å². The van der Waals surface area contributed by atoms with Crippen molar-refractivity contribution in [2.75, 3.05) is 6.35 Å². The van der Waals surface area contributed by atoms with Crippen LogP contribution in [0, 0.1) is 0 Å². The minimum absolute atomic E-state index is 0.0644. The average Bonchev–Trinajstić information content (AvgIpc) is 2.42. The summed E-state index contributed by atoms with van der Waals surface area (Å²) < 4.78 is 17.2. The smallest absolute Gasteiger partial charge is 0.148 e. The SMILES string of the molecule is O=[PH]1COc2c(Br)ccc(O)c21. The summed E-state index contributed by atoms with van der Waals surface area (Å²) in [7, 11) is -1.92. The molecule has 1 atom stereocenters. The molecular weight excluding hydrogens is 243 g/mol. The zero-order valence-electron chi connectivity index (χ0n) is 6.00. The Bertz CT molecular complexity index is 364. The second kappa shape index (κ2) is 2.79. The molecule has 5 heteroatoms. The molecule has 0 amide bonds. The summed E-state index contributed by atoms with van der Waals surface area (Å²) in [6, 6.07) is 3.19. The second-order valence-electron chi connectivity index (χ2n) is 2.48. The maximum Gasteiger partial charge on any atom is 0.148 e. The quantitative estimate of drug-likeness (QED) is 0.711. The van der Waals surface area contributed by atoms with Crippen molar-refractivity contribution < 1.29 is 14.4 Å². The molecule has 0 saturated carbocycles. The fourth-order valence-corrected chi connectivity index (χ4v) is 3.04. The van der Waals surface area contributed by atoms with Crippen LogP contribution in [0.25, 0.3) is 0 Å². The van der Waals surface area contributed by atoms with Gasteiger partial charge in [0.2, 0.25) is 0 Å². The summed E-state index contributed by atoms with van der Waals surface area (Å²) in [5, 5.41) is 9.82. The number of hydrogen-bond donors (Lipinski definition) is 1. The molecule has 0 aromatic heterocycles. The molecule has 1 aliphatic rings. The van der Waals surface area contributed by atoms with Crippen molar-refractivity contribution in [3.63, 3.8) is 0 Å². The van der Waals surface area contributed by atoms with Crippen molar-refractivity contribution in [2.45, 2.75) is 0 Å². The van der Waals surface area contributed by atoms with Gasteiger partial charge >= 0.3 is 0 Å². The number of halogens is 1. The van der Waals surface area contributed by atoms with Gasteiger partial charge in [-0.3, -0.25) is 0 Å². The lowest BCUT2D eigenvalue weighted by atomic mass is 10.3. The van der Waals surface area contributed by atoms with Gasteiger partial charge in [-0.25, -0.2) is 0 Å². The molecule has 0 saturated heterocycles. The number of phenols is 1. The maximum atomic E-state index is 11.3. The van der Waals surface area contributed by atoms with E-state index < -0.39 is 7.80 Å². The van der Waals surface area contributed by atoms with Crippen LogP contribution >= 0.6 is 23.7 Å². The van der Waals surface area contributed by atoms with Crippen LogP contribution in [0.5, 0.6) is 11.5 Å². The minimum atomic E-state index is -1.92. The molecule has 0 aliphatic carbocycles. The predicted molar refractivity (Wildman–Crippen MR) is 49.9 cm³/mol. The molecule has 0 bridgehead atoms. The van der Waals surface area contributed by atoms with Crippen molar-refractivity contribution in [3.05, 3.63) is 16.6 Å². The van der Waals surface area contributed by atoms with Crippen LogP contribution in [0.4, 0.5) is 0 Å². The predicted octanol–water partition coefficient (Wildman–Crippen LogP) is 1.69. The number of phenolic OH excluding ortho intramolecular Hbond substituents is 1. The molecule has 1 unspecified atom stereocenters. The molecule has 64 valence electrons. The zero-order valence-corrected chi connectivity index (χ0v) is 8.59. The van der Waals surface area contributed by atoms with Crippen molar-refractivity contribution in [1.29, 1.82) is 0 Å². The van der Waals surface area contributed by atoms with E-state index in [0.717, 1.165) is 4.47 Å². The highest BCUT2D eigenvalue weighted by Crippen LogP contribution is 2.41. The Balaban J connectivity index is 2.72. The number of hydrogen-bond acceptors (Lipinski definition) is 3. The summed E-state index contributed by atoms with van der Waals surface area (Å²) in [5.74, 6) is 0.591. The van der Waals surface area contributed by atoms with Gasteiger partial charge in [0.05, 0.1) is 9.78 Å². The molecule has 1 heterocycles. The molecule has 1 N–H and O–H groups in total. The highest BCUT2D eigenvalue weighted by atomic mass is 79.9. The minimum Gasteiger partial charge on any atom is -0.507 e. The van der Waals surface area contributed by atoms with Gasteiger partial charge < -0.3 is 14.4 Å². The Hall–Kier alpha value is -0.470. The molecule has 0 spiro atoms. The van der Waals surface area contributed by atoms with Crippen molar-refractivity contribution in [1.82, 2.24) is 0 Å². The Labute approximate surface area is 78.3 Å². The number of aromatic hydroxyl groups is 1. The van der Waals surface area contributed by atoms with E-state index >= 15 is 0 Å². The lowest BCUT2D eigenvalue weighted by Gasteiger charge is -2.01. The van der Waals surface area contributed by atoms with Gasteiger partial charge in [-0.2, -0.15) is 0 Å². The number of benzene rings is 1. The van der Waals surface area contributed by atoms with E-state index in [4.69, 9.17) is 4.74 Å². The van der Waals surface area contributed by atoms with Gasteiger partial charge in [-0.05, 0) is 28.1 Å². The highest BCUT2D eigenvalue weighted by molar-refractivity contribution is 9.10. The van der Waals surface area contributed by atoms with Gasteiger partial charge in [-0.1, -0.05) is 0 Å². The fourth-order valence-electron chi connectivity index (χ4n) is 1.17. The Morgan fingerprint density at radius 3 is 3.00 bits per heavy atom. The van der Waals surface area contributed by atoms with E-state index in [-0.39, 0.29) is 12.1 Å². The summed E-state index contributed by atoms with van der Waals surface area (Å²) in [6.07, 6.45) is 0.205. The third kappa shape index (κ3) is 1.06. The highest BCUT2D eigenvalue weighted by Gasteiger charge is 2.25. The molecule has 2 rings (SSSR count). The van der Waals surface area contributed by atoms with Gasteiger partial charge in [0.15, 0.2) is 0 Å². The number of ether oxygens (including phenoxy) is 1. The van der Waals surface area contributed by atoms with Crippen molar-refractivity contribution in [2.24, 2.45) is 0 Å². The summed E-state index contributed by atoms with van der Waals surface area (Å²) in [4.78, 5) is 0. The lowest BCUT2D eigenvalue weighted by molar-refractivity contribution is 0.393. The molecule has 12 heavy (non-hydrogen) atoms. The monoisotopic (exact) mass is 248 g/mol. The molecule has 1 aromatic carbocycles. The summed E-state index contributed by atoms with van der Waals surface area (Å²) in [6.45, 7) is 0. The van der Waals surface area contributed by atoms with E-state index in [0.29, 0.717) is 11.1 Å². The van der Waals surface area contributed by atoms with Gasteiger partial charge in [0.25, 0.3) is 0 Å². The molecule has 1 aromatic rings. The first-order chi connectivity index (χ1) is 5.70. The van der Waals surface area contributed by atoms with Crippen LogP contribution in [0.3, 0.4) is 0 Å². The Morgan fingerprint density at radius 2 is 2.33 bits per heavy atom. The normalized spacial score (nSPS) is 20.2. The molecule has 3 nitrogen and oxygen atoms in total. The topological polar surface area (TPSA) is 46.5 Å². The van der Waals surface area contributed by atoms with Crippen LogP contribution < -0.4 is 10.0 Å². The van der Waals surface area contributed by atoms with Crippen LogP contribution in [0.1, 0.15) is 0 Å². The first-order valence-corrected chi connectivity index (χ1v) is 5.78. The Kier molecular flexibility index (Phi) is 1.89. The van der Waals surface area contributed by atoms with E-state index in [9.17, 15) is 9.67 Å². The van der Waals surface area contributed by atoms with Gasteiger partial charge in [0, 0.05) is 0 Å². The van der Waals surface area contributed by atoms with Crippen LogP contribution in [0.15, 0.2) is 16.6 Å². The molecule has 0 fully saturated rings. The molecular formula is C7H6BrO3P. The lowest BCUT2D eigenvalue weighted by Crippen LogP contribution is -1.94. The summed E-state index contributed by atoms with van der Waals surface area (Å²) in [5.41, 5.74) is 0. The van der Waals surface area contributed by atoms with E-state index in [1.165, 1.54) is 6.07 Å². The first-order valence-electron chi connectivity index (χ1n) is 3.37. The zero-order chi connectivity index (χ0) is 8.72. The first kappa shape index (κ1) is 8.14. The third-order valence-electron chi connectivity index (χ3n) is 1.71. The third-order valence-corrected chi connectivity index (χ3v) is 3.79. The molecule has 1 aliphatic heterocycles. The molecule has 0 radical (unpaired) electrons. The number of rotatable bonds is 0. The van der Waals surface area contributed by atoms with E-state index in [2.05, 4.69) is 15.9 Å². The van der Waals surface area contributed by atoms with Crippen LogP contribution in [-0.4, -0.2) is 11.5 Å². The Morgan fingerprint density at radius 1 is 1.58 bits per heavy atom. The largest absolute Gasteiger partial charge is 0.507 e. The fraction of sp³-hybridized carbons (Fsp3) is 0.143. The standard InChI is InChI=1S/C7H6BrO3P/c8-4-1-2-5(9)7-6(4)11-3-12(7)10/h1-2,9,12H,3H2. The van der Waals surface area contributed by atoms with Crippen molar-refractivity contribution in [3.8, 4) is 11.5 Å². The second-order valence-corrected chi connectivity index (χ2v) is 4.97.